The maximum atomic E-state index is 13.2. The molecule has 0 aliphatic carbocycles. The average molecular weight is 471 g/mol. The van der Waals surface area contributed by atoms with Gasteiger partial charge in [-0.2, -0.15) is 0 Å². The van der Waals surface area contributed by atoms with Crippen LogP contribution in [-0.2, 0) is 11.3 Å². The molecule has 0 spiro atoms. The van der Waals surface area contributed by atoms with E-state index in [-0.39, 0.29) is 18.0 Å². The third kappa shape index (κ3) is 4.37. The molecular formula is C22H19ClN4O2S2. The zero-order valence-electron chi connectivity index (χ0n) is 16.7. The molecule has 0 saturated carbocycles. The number of thiocarbonyl (C=S) groups is 1. The van der Waals surface area contributed by atoms with Crippen molar-refractivity contribution in [1.29, 1.82) is 0 Å². The van der Waals surface area contributed by atoms with Gasteiger partial charge in [-0.15, -0.1) is 0 Å². The van der Waals surface area contributed by atoms with Crippen molar-refractivity contribution >= 4 is 63.3 Å². The van der Waals surface area contributed by atoms with Gasteiger partial charge >= 0.3 is 0 Å². The van der Waals surface area contributed by atoms with E-state index in [0.717, 1.165) is 12.0 Å². The van der Waals surface area contributed by atoms with Crippen LogP contribution in [0.4, 0.5) is 5.82 Å². The average Bonchev–Trinajstić information content (AvgIpc) is 3.03. The lowest BCUT2D eigenvalue weighted by molar-refractivity contribution is -0.122. The highest BCUT2D eigenvalue weighted by Crippen LogP contribution is 2.34. The summed E-state index contributed by atoms with van der Waals surface area (Å²) in [6, 6.07) is 12.7. The lowest BCUT2D eigenvalue weighted by Gasteiger charge is -2.15. The van der Waals surface area contributed by atoms with Gasteiger partial charge < -0.3 is 5.32 Å². The molecule has 3 heterocycles. The van der Waals surface area contributed by atoms with Crippen molar-refractivity contribution in [2.75, 3.05) is 11.9 Å². The third-order valence-corrected chi connectivity index (χ3v) is 6.49. The number of pyridine rings is 1. The van der Waals surface area contributed by atoms with E-state index in [1.165, 1.54) is 21.1 Å². The highest BCUT2D eigenvalue weighted by molar-refractivity contribution is 8.26. The number of thioether (sulfide) groups is 1. The van der Waals surface area contributed by atoms with Crippen molar-refractivity contribution in [2.45, 2.75) is 19.9 Å². The molecule has 0 bridgehead atoms. The first-order valence-corrected chi connectivity index (χ1v) is 11.3. The molecule has 9 heteroatoms. The molecular weight excluding hydrogens is 452 g/mol. The van der Waals surface area contributed by atoms with Crippen LogP contribution in [0.15, 0.2) is 58.4 Å². The summed E-state index contributed by atoms with van der Waals surface area (Å²) in [5.41, 5.74) is 1.42. The van der Waals surface area contributed by atoms with E-state index in [4.69, 9.17) is 23.8 Å². The van der Waals surface area contributed by atoms with E-state index in [9.17, 15) is 9.59 Å². The van der Waals surface area contributed by atoms with Gasteiger partial charge in [0, 0.05) is 17.8 Å². The molecule has 0 unspecified atom stereocenters. The van der Waals surface area contributed by atoms with Gasteiger partial charge in [-0.05, 0) is 36.3 Å². The van der Waals surface area contributed by atoms with Gasteiger partial charge in [0.1, 0.15) is 15.8 Å². The minimum Gasteiger partial charge on any atom is -0.369 e. The molecule has 158 valence electrons. The number of hydrogen-bond acceptors (Lipinski definition) is 6. The van der Waals surface area contributed by atoms with Crippen LogP contribution in [0.1, 0.15) is 24.5 Å². The van der Waals surface area contributed by atoms with Crippen LogP contribution in [0.5, 0.6) is 0 Å². The Morgan fingerprint density at radius 3 is 2.74 bits per heavy atom. The molecule has 0 atom stereocenters. The minimum absolute atomic E-state index is 0.249. The number of nitrogens with zero attached hydrogens (tertiary/aromatic N) is 3. The Kier molecular flexibility index (Phi) is 6.41. The fourth-order valence-corrected chi connectivity index (χ4v) is 4.61. The summed E-state index contributed by atoms with van der Waals surface area (Å²) in [7, 11) is 0. The number of carbonyl (C=O) groups is 1. The highest BCUT2D eigenvalue weighted by atomic mass is 35.5. The lowest BCUT2D eigenvalue weighted by atomic mass is 10.2. The normalized spacial score (nSPS) is 15.3. The quantitative estimate of drug-likeness (QED) is 0.420. The number of anilines is 1. The van der Waals surface area contributed by atoms with Crippen molar-refractivity contribution in [2.24, 2.45) is 0 Å². The number of amides is 1. The standard InChI is InChI=1S/C22H19ClN4O2S2/c1-2-10-24-19-15(20(28)26-11-6-5-9-18(26)25-19)12-17-21(29)27(22(30)31-17)13-14-7-3-4-8-16(14)23/h3-9,11-12,24H,2,10,13H2,1H3. The maximum absolute atomic E-state index is 13.2. The number of hydrogen-bond donors (Lipinski definition) is 1. The molecule has 1 saturated heterocycles. The van der Waals surface area contributed by atoms with E-state index in [1.807, 2.05) is 31.2 Å². The topological polar surface area (TPSA) is 66.7 Å². The highest BCUT2D eigenvalue weighted by Gasteiger charge is 2.33. The molecule has 1 amide bonds. The summed E-state index contributed by atoms with van der Waals surface area (Å²) in [5, 5.41) is 3.77. The number of aromatic nitrogens is 2. The van der Waals surface area contributed by atoms with Gasteiger partial charge in [-0.3, -0.25) is 18.9 Å². The smallest absolute Gasteiger partial charge is 0.267 e. The van der Waals surface area contributed by atoms with Crippen molar-refractivity contribution in [3.8, 4) is 0 Å². The Hall–Kier alpha value is -2.68. The number of fused-ring (bicyclic) bond motifs is 1. The number of carbonyl (C=O) groups excluding carboxylic acids is 1. The van der Waals surface area contributed by atoms with Crippen LogP contribution in [0.25, 0.3) is 11.7 Å². The monoisotopic (exact) mass is 470 g/mol. The fraction of sp³-hybridized carbons (Fsp3) is 0.182. The molecule has 0 radical (unpaired) electrons. The Bertz CT molecular complexity index is 1270. The van der Waals surface area contributed by atoms with Crippen LogP contribution >= 0.6 is 35.6 Å². The molecule has 3 aromatic rings. The number of benzene rings is 1. The molecule has 1 aromatic carbocycles. The maximum Gasteiger partial charge on any atom is 0.267 e. The van der Waals surface area contributed by atoms with E-state index in [2.05, 4.69) is 10.3 Å². The Labute approximate surface area is 193 Å². The summed E-state index contributed by atoms with van der Waals surface area (Å²) >= 11 is 12.9. The van der Waals surface area contributed by atoms with Gasteiger partial charge in [0.05, 0.1) is 17.0 Å². The molecule has 31 heavy (non-hydrogen) atoms. The van der Waals surface area contributed by atoms with E-state index >= 15 is 0 Å². The first kappa shape index (κ1) is 21.5. The molecule has 2 aromatic heterocycles. The lowest BCUT2D eigenvalue weighted by Crippen LogP contribution is -2.27. The van der Waals surface area contributed by atoms with Gasteiger partial charge in [0.25, 0.3) is 11.5 Å². The van der Waals surface area contributed by atoms with Crippen molar-refractivity contribution in [1.82, 2.24) is 14.3 Å². The minimum atomic E-state index is -0.256. The predicted octanol–water partition coefficient (Wildman–Crippen LogP) is 4.57. The Morgan fingerprint density at radius 1 is 1.19 bits per heavy atom. The van der Waals surface area contributed by atoms with Crippen LogP contribution in [-0.4, -0.2) is 31.1 Å². The van der Waals surface area contributed by atoms with Gasteiger partial charge in [-0.25, -0.2) is 4.98 Å². The number of rotatable bonds is 6. The van der Waals surface area contributed by atoms with E-state index < -0.39 is 0 Å². The Balaban J connectivity index is 1.73. The predicted molar refractivity (Wildman–Crippen MR) is 130 cm³/mol. The molecule has 1 N–H and O–H groups in total. The van der Waals surface area contributed by atoms with E-state index in [1.54, 1.807) is 30.5 Å². The van der Waals surface area contributed by atoms with Gasteiger partial charge in [0.15, 0.2) is 0 Å². The zero-order valence-corrected chi connectivity index (χ0v) is 19.1. The van der Waals surface area contributed by atoms with Crippen LogP contribution in [0, 0.1) is 0 Å². The fourth-order valence-electron chi connectivity index (χ4n) is 3.18. The van der Waals surface area contributed by atoms with Crippen molar-refractivity contribution in [3.05, 3.63) is 80.1 Å². The summed E-state index contributed by atoms with van der Waals surface area (Å²) in [5.74, 6) is 0.198. The second-order valence-electron chi connectivity index (χ2n) is 6.89. The van der Waals surface area contributed by atoms with Crippen LogP contribution in [0.2, 0.25) is 5.02 Å². The van der Waals surface area contributed by atoms with Crippen LogP contribution in [0.3, 0.4) is 0 Å². The largest absolute Gasteiger partial charge is 0.369 e. The molecule has 6 nitrogen and oxygen atoms in total. The van der Waals surface area contributed by atoms with Gasteiger partial charge in [0.2, 0.25) is 0 Å². The first-order valence-electron chi connectivity index (χ1n) is 9.73. The summed E-state index contributed by atoms with van der Waals surface area (Å²) < 4.78 is 1.89. The van der Waals surface area contributed by atoms with Crippen LogP contribution < -0.4 is 10.9 Å². The first-order chi connectivity index (χ1) is 15.0. The molecule has 1 aliphatic heterocycles. The molecule has 4 rings (SSSR count). The second kappa shape index (κ2) is 9.21. The number of halogens is 1. The Morgan fingerprint density at radius 2 is 1.97 bits per heavy atom. The summed E-state index contributed by atoms with van der Waals surface area (Å²) in [6.45, 7) is 2.96. The van der Waals surface area contributed by atoms with Crippen molar-refractivity contribution in [3.63, 3.8) is 0 Å². The second-order valence-corrected chi connectivity index (χ2v) is 8.98. The molecule has 1 fully saturated rings. The SMILES string of the molecule is CCCNc1nc2ccccn2c(=O)c1C=C1SC(=S)N(Cc2ccccc2Cl)C1=O. The van der Waals surface area contributed by atoms with Gasteiger partial charge in [-0.1, -0.05) is 66.8 Å². The number of nitrogens with one attached hydrogen (secondary N) is 1. The summed E-state index contributed by atoms with van der Waals surface area (Å²) in [4.78, 5) is 32.7. The molecule has 1 aliphatic rings. The third-order valence-electron chi connectivity index (χ3n) is 4.75. The van der Waals surface area contributed by atoms with E-state index in [0.29, 0.717) is 37.8 Å². The van der Waals surface area contributed by atoms with Crippen molar-refractivity contribution < 1.29 is 4.79 Å². The zero-order chi connectivity index (χ0) is 22.0. The summed E-state index contributed by atoms with van der Waals surface area (Å²) in [6.07, 6.45) is 4.11.